The Morgan fingerprint density at radius 3 is 2.38 bits per heavy atom. The minimum absolute atomic E-state index is 0.127. The molecule has 0 aromatic heterocycles. The van der Waals surface area contributed by atoms with Gasteiger partial charge in [-0.05, 0) is 38.0 Å². The lowest BCUT2D eigenvalue weighted by Crippen LogP contribution is -2.45. The molecular formula is C12H18N2O2. The summed E-state index contributed by atoms with van der Waals surface area (Å²) in [4.78, 5) is 11.6. The molecule has 0 fully saturated rings. The molecule has 0 radical (unpaired) electrons. The van der Waals surface area contributed by atoms with E-state index < -0.39 is 5.54 Å². The Bertz CT molecular complexity index is 352. The summed E-state index contributed by atoms with van der Waals surface area (Å²) in [6.45, 7) is 3.44. The summed E-state index contributed by atoms with van der Waals surface area (Å²) < 4.78 is 0. The molecule has 1 aromatic carbocycles. The van der Waals surface area contributed by atoms with Gasteiger partial charge in [0.2, 0.25) is 5.91 Å². The van der Waals surface area contributed by atoms with Gasteiger partial charge in [-0.15, -0.1) is 0 Å². The lowest BCUT2D eigenvalue weighted by atomic mass is 10.1. The molecule has 0 atom stereocenters. The predicted octanol–water partition coefficient (Wildman–Crippen LogP) is 0.897. The van der Waals surface area contributed by atoms with Crippen molar-refractivity contribution in [2.24, 2.45) is 5.73 Å². The molecule has 16 heavy (non-hydrogen) atoms. The summed E-state index contributed by atoms with van der Waals surface area (Å²) >= 11 is 0. The summed E-state index contributed by atoms with van der Waals surface area (Å²) in [6, 6.07) is 7.34. The molecule has 0 saturated heterocycles. The third-order valence-electron chi connectivity index (χ3n) is 2.20. The third kappa shape index (κ3) is 3.64. The van der Waals surface area contributed by atoms with Crippen LogP contribution in [0, 0.1) is 0 Å². The van der Waals surface area contributed by atoms with E-state index in [0.717, 1.165) is 5.56 Å². The number of aliphatic hydroxyl groups excluding tert-OH is 1. The van der Waals surface area contributed by atoms with E-state index in [1.54, 1.807) is 26.0 Å². The van der Waals surface area contributed by atoms with Gasteiger partial charge in [0.25, 0.3) is 0 Å². The van der Waals surface area contributed by atoms with E-state index in [1.807, 2.05) is 12.1 Å². The van der Waals surface area contributed by atoms with Gasteiger partial charge in [-0.2, -0.15) is 0 Å². The van der Waals surface area contributed by atoms with Crippen LogP contribution in [0.4, 0.5) is 5.69 Å². The first-order valence-corrected chi connectivity index (χ1v) is 5.23. The van der Waals surface area contributed by atoms with Crippen LogP contribution in [0.1, 0.15) is 19.4 Å². The number of nitrogens with two attached hydrogens (primary N) is 1. The number of carbonyl (C=O) groups excluding carboxylic acids is 1. The van der Waals surface area contributed by atoms with Crippen LogP contribution in [-0.2, 0) is 11.2 Å². The first-order valence-electron chi connectivity index (χ1n) is 5.23. The maximum absolute atomic E-state index is 11.6. The fourth-order valence-electron chi connectivity index (χ4n) is 1.18. The monoisotopic (exact) mass is 222 g/mol. The average molecular weight is 222 g/mol. The molecule has 0 unspecified atom stereocenters. The van der Waals surface area contributed by atoms with Crippen molar-refractivity contribution in [1.82, 2.24) is 0 Å². The summed E-state index contributed by atoms with van der Waals surface area (Å²) in [6.07, 6.45) is 0.622. The van der Waals surface area contributed by atoms with Gasteiger partial charge in [0.05, 0.1) is 5.54 Å². The molecule has 0 aliphatic heterocycles. The summed E-state index contributed by atoms with van der Waals surface area (Å²) in [7, 11) is 0. The van der Waals surface area contributed by atoms with Crippen LogP contribution < -0.4 is 11.1 Å². The number of hydrogen-bond acceptors (Lipinski definition) is 3. The second-order valence-corrected chi connectivity index (χ2v) is 4.35. The molecular weight excluding hydrogens is 204 g/mol. The standard InChI is InChI=1S/C12H18N2O2/c1-12(2,13)11(16)14-10-5-3-9(4-6-10)7-8-15/h3-6,15H,7-8,13H2,1-2H3,(H,14,16). The number of rotatable bonds is 4. The Morgan fingerprint density at radius 1 is 1.38 bits per heavy atom. The van der Waals surface area contributed by atoms with Gasteiger partial charge in [-0.3, -0.25) is 4.79 Å². The Balaban J connectivity index is 2.65. The van der Waals surface area contributed by atoms with E-state index in [2.05, 4.69) is 5.32 Å². The van der Waals surface area contributed by atoms with Crippen molar-refractivity contribution >= 4 is 11.6 Å². The van der Waals surface area contributed by atoms with Crippen LogP contribution >= 0.6 is 0 Å². The van der Waals surface area contributed by atoms with Gasteiger partial charge in [-0.1, -0.05) is 12.1 Å². The molecule has 0 aliphatic rings. The highest BCUT2D eigenvalue weighted by Crippen LogP contribution is 2.11. The third-order valence-corrected chi connectivity index (χ3v) is 2.20. The molecule has 4 heteroatoms. The highest BCUT2D eigenvalue weighted by Gasteiger charge is 2.21. The zero-order chi connectivity index (χ0) is 12.2. The molecule has 4 N–H and O–H groups in total. The van der Waals surface area contributed by atoms with Crippen LogP contribution in [0.3, 0.4) is 0 Å². The number of hydrogen-bond donors (Lipinski definition) is 3. The fourth-order valence-corrected chi connectivity index (χ4v) is 1.18. The van der Waals surface area contributed by atoms with Crippen molar-refractivity contribution < 1.29 is 9.90 Å². The van der Waals surface area contributed by atoms with Gasteiger partial charge in [0.1, 0.15) is 0 Å². The second kappa shape index (κ2) is 5.09. The Kier molecular flexibility index (Phi) is 4.04. The average Bonchev–Trinajstić information content (AvgIpc) is 2.20. The summed E-state index contributed by atoms with van der Waals surface area (Å²) in [5.74, 6) is -0.220. The number of anilines is 1. The Morgan fingerprint density at radius 2 is 1.94 bits per heavy atom. The maximum atomic E-state index is 11.6. The summed E-state index contributed by atoms with van der Waals surface area (Å²) in [5, 5.41) is 11.5. The highest BCUT2D eigenvalue weighted by atomic mass is 16.2. The number of benzene rings is 1. The first-order chi connectivity index (χ1) is 7.43. The topological polar surface area (TPSA) is 75.4 Å². The van der Waals surface area contributed by atoms with Crippen molar-refractivity contribution in [3.05, 3.63) is 29.8 Å². The van der Waals surface area contributed by atoms with Gasteiger partial charge >= 0.3 is 0 Å². The van der Waals surface area contributed by atoms with Crippen LogP contribution in [0.15, 0.2) is 24.3 Å². The van der Waals surface area contributed by atoms with Crippen LogP contribution in [-0.4, -0.2) is 23.2 Å². The number of nitrogens with one attached hydrogen (secondary N) is 1. The van der Waals surface area contributed by atoms with E-state index in [1.165, 1.54) is 0 Å². The SMILES string of the molecule is CC(C)(N)C(=O)Nc1ccc(CCO)cc1. The van der Waals surface area contributed by atoms with E-state index in [0.29, 0.717) is 12.1 Å². The number of carbonyl (C=O) groups is 1. The van der Waals surface area contributed by atoms with Gasteiger partial charge < -0.3 is 16.2 Å². The van der Waals surface area contributed by atoms with Crippen LogP contribution in [0.25, 0.3) is 0 Å². The summed E-state index contributed by atoms with van der Waals surface area (Å²) in [5.41, 5.74) is 6.52. The van der Waals surface area contributed by atoms with E-state index in [9.17, 15) is 4.79 Å². The minimum atomic E-state index is -0.885. The molecule has 0 spiro atoms. The zero-order valence-corrected chi connectivity index (χ0v) is 9.66. The van der Waals surface area contributed by atoms with Crippen molar-refractivity contribution in [3.63, 3.8) is 0 Å². The van der Waals surface area contributed by atoms with Crippen molar-refractivity contribution in [2.75, 3.05) is 11.9 Å². The molecule has 88 valence electrons. The molecule has 1 aromatic rings. The molecule has 1 amide bonds. The lowest BCUT2D eigenvalue weighted by molar-refractivity contribution is -0.120. The van der Waals surface area contributed by atoms with Crippen molar-refractivity contribution in [2.45, 2.75) is 25.8 Å². The number of aliphatic hydroxyl groups is 1. The van der Waals surface area contributed by atoms with Crippen molar-refractivity contribution in [3.8, 4) is 0 Å². The van der Waals surface area contributed by atoms with Crippen LogP contribution in [0.5, 0.6) is 0 Å². The molecule has 4 nitrogen and oxygen atoms in total. The predicted molar refractivity (Wildman–Crippen MR) is 64.1 cm³/mol. The van der Waals surface area contributed by atoms with Crippen LogP contribution in [0.2, 0.25) is 0 Å². The Labute approximate surface area is 95.5 Å². The van der Waals surface area contributed by atoms with Gasteiger partial charge in [0.15, 0.2) is 0 Å². The zero-order valence-electron chi connectivity index (χ0n) is 9.66. The molecule has 0 saturated carbocycles. The lowest BCUT2D eigenvalue weighted by Gasteiger charge is -2.17. The largest absolute Gasteiger partial charge is 0.396 e. The molecule has 0 heterocycles. The van der Waals surface area contributed by atoms with Gasteiger partial charge in [0, 0.05) is 12.3 Å². The fraction of sp³-hybridized carbons (Fsp3) is 0.417. The van der Waals surface area contributed by atoms with Gasteiger partial charge in [-0.25, -0.2) is 0 Å². The van der Waals surface area contributed by atoms with E-state index >= 15 is 0 Å². The van der Waals surface area contributed by atoms with E-state index in [4.69, 9.17) is 10.8 Å². The normalized spacial score (nSPS) is 11.2. The molecule has 0 aliphatic carbocycles. The smallest absolute Gasteiger partial charge is 0.243 e. The van der Waals surface area contributed by atoms with E-state index in [-0.39, 0.29) is 12.5 Å². The minimum Gasteiger partial charge on any atom is -0.396 e. The molecule has 1 rings (SSSR count). The number of amides is 1. The van der Waals surface area contributed by atoms with Crippen molar-refractivity contribution in [1.29, 1.82) is 0 Å². The maximum Gasteiger partial charge on any atom is 0.243 e. The first kappa shape index (κ1) is 12.7. The quantitative estimate of drug-likeness (QED) is 0.708. The highest BCUT2D eigenvalue weighted by molar-refractivity contribution is 5.97. The Hall–Kier alpha value is -1.39. The second-order valence-electron chi connectivity index (χ2n) is 4.35. The molecule has 0 bridgehead atoms.